The molecule has 0 aliphatic rings. The average molecular weight is 230 g/mol. The second kappa shape index (κ2) is 8.10. The fourth-order valence-corrected chi connectivity index (χ4v) is 1.45. The summed E-state index contributed by atoms with van der Waals surface area (Å²) in [7, 11) is 0. The lowest BCUT2D eigenvalue weighted by atomic mass is 10.0. The molecule has 0 spiro atoms. The van der Waals surface area contributed by atoms with Crippen LogP contribution in [0, 0.1) is 5.92 Å². The summed E-state index contributed by atoms with van der Waals surface area (Å²) in [6.07, 6.45) is 2.13. The number of aliphatic carboxylic acids is 1. The van der Waals surface area contributed by atoms with Gasteiger partial charge in [0.15, 0.2) is 0 Å². The molecule has 0 fully saturated rings. The SMILES string of the molecule is CCCC(CNC(CC(C)C)C(=O)O)=NO. The van der Waals surface area contributed by atoms with Crippen LogP contribution in [0.2, 0.25) is 0 Å². The number of oxime groups is 1. The van der Waals surface area contributed by atoms with E-state index in [2.05, 4.69) is 10.5 Å². The van der Waals surface area contributed by atoms with Gasteiger partial charge in [-0.05, 0) is 18.8 Å². The van der Waals surface area contributed by atoms with Crippen LogP contribution < -0.4 is 5.32 Å². The maximum Gasteiger partial charge on any atom is 0.320 e. The number of rotatable bonds is 8. The zero-order chi connectivity index (χ0) is 12.6. The van der Waals surface area contributed by atoms with Gasteiger partial charge in [-0.3, -0.25) is 10.1 Å². The van der Waals surface area contributed by atoms with E-state index in [0.717, 1.165) is 6.42 Å². The van der Waals surface area contributed by atoms with E-state index < -0.39 is 12.0 Å². The number of hydrogen-bond acceptors (Lipinski definition) is 4. The molecule has 0 aromatic carbocycles. The highest BCUT2D eigenvalue weighted by molar-refractivity contribution is 5.86. The molecule has 5 nitrogen and oxygen atoms in total. The molecule has 0 saturated heterocycles. The van der Waals surface area contributed by atoms with E-state index in [1.165, 1.54) is 0 Å². The zero-order valence-corrected chi connectivity index (χ0v) is 10.2. The molecule has 1 atom stereocenters. The maximum atomic E-state index is 10.9. The van der Waals surface area contributed by atoms with Gasteiger partial charge in [-0.15, -0.1) is 0 Å². The summed E-state index contributed by atoms with van der Waals surface area (Å²) in [6.45, 7) is 6.26. The summed E-state index contributed by atoms with van der Waals surface area (Å²) in [6, 6.07) is -0.575. The van der Waals surface area contributed by atoms with E-state index in [4.69, 9.17) is 10.3 Å². The van der Waals surface area contributed by atoms with Gasteiger partial charge in [0.2, 0.25) is 0 Å². The van der Waals surface area contributed by atoms with Crippen LogP contribution in [-0.4, -0.2) is 34.6 Å². The van der Waals surface area contributed by atoms with Crippen LogP contribution in [0.3, 0.4) is 0 Å². The summed E-state index contributed by atoms with van der Waals surface area (Å²) in [5.41, 5.74) is 0.595. The van der Waals surface area contributed by atoms with Gasteiger partial charge in [-0.2, -0.15) is 0 Å². The molecular weight excluding hydrogens is 208 g/mol. The summed E-state index contributed by atoms with van der Waals surface area (Å²) in [5, 5.41) is 23.7. The Morgan fingerprint density at radius 1 is 1.44 bits per heavy atom. The van der Waals surface area contributed by atoms with Crippen LogP contribution in [-0.2, 0) is 4.79 Å². The van der Waals surface area contributed by atoms with Gasteiger partial charge < -0.3 is 10.3 Å². The number of nitrogens with one attached hydrogen (secondary N) is 1. The van der Waals surface area contributed by atoms with Gasteiger partial charge in [-0.1, -0.05) is 32.3 Å². The summed E-state index contributed by atoms with van der Waals surface area (Å²) >= 11 is 0. The molecular formula is C11H22N2O3. The summed E-state index contributed by atoms with van der Waals surface area (Å²) in [5.74, 6) is -0.545. The minimum atomic E-state index is -0.859. The average Bonchev–Trinajstić information content (AvgIpc) is 2.21. The monoisotopic (exact) mass is 230 g/mol. The number of carboxylic acid groups (broad SMARTS) is 1. The number of carbonyl (C=O) groups is 1. The van der Waals surface area contributed by atoms with E-state index in [9.17, 15) is 4.79 Å². The molecule has 16 heavy (non-hydrogen) atoms. The predicted molar refractivity (Wildman–Crippen MR) is 63.0 cm³/mol. The highest BCUT2D eigenvalue weighted by Gasteiger charge is 2.18. The standard InChI is InChI=1S/C11H22N2O3/c1-4-5-9(13-16)7-12-10(11(14)15)6-8(2)3/h8,10,12,16H,4-7H2,1-3H3,(H,14,15). The van der Waals surface area contributed by atoms with Crippen LogP contribution in [0.15, 0.2) is 5.16 Å². The lowest BCUT2D eigenvalue weighted by molar-refractivity contribution is -0.139. The first-order valence-corrected chi connectivity index (χ1v) is 5.67. The molecule has 0 radical (unpaired) electrons. The quantitative estimate of drug-likeness (QED) is 0.337. The third kappa shape index (κ3) is 6.40. The predicted octanol–water partition coefficient (Wildman–Crippen LogP) is 1.71. The van der Waals surface area contributed by atoms with Crippen LogP contribution in [0.5, 0.6) is 0 Å². The molecule has 0 aliphatic carbocycles. The fraction of sp³-hybridized carbons (Fsp3) is 0.818. The molecule has 0 saturated carbocycles. The molecule has 0 rings (SSSR count). The first-order valence-electron chi connectivity index (χ1n) is 5.67. The fourth-order valence-electron chi connectivity index (χ4n) is 1.45. The van der Waals surface area contributed by atoms with Crippen molar-refractivity contribution in [1.82, 2.24) is 5.32 Å². The van der Waals surface area contributed by atoms with Crippen molar-refractivity contribution in [2.75, 3.05) is 6.54 Å². The lowest BCUT2D eigenvalue weighted by Crippen LogP contribution is -2.40. The largest absolute Gasteiger partial charge is 0.480 e. The highest BCUT2D eigenvalue weighted by atomic mass is 16.4. The topological polar surface area (TPSA) is 81.9 Å². The highest BCUT2D eigenvalue weighted by Crippen LogP contribution is 2.05. The van der Waals surface area contributed by atoms with Gasteiger partial charge in [0, 0.05) is 6.54 Å². The number of carboxylic acids is 1. The number of nitrogens with zero attached hydrogens (tertiary/aromatic N) is 1. The van der Waals surface area contributed by atoms with E-state index in [0.29, 0.717) is 31.0 Å². The van der Waals surface area contributed by atoms with Crippen molar-refractivity contribution in [1.29, 1.82) is 0 Å². The molecule has 0 aliphatic heterocycles. The Hall–Kier alpha value is -1.10. The van der Waals surface area contributed by atoms with Crippen LogP contribution >= 0.6 is 0 Å². The molecule has 0 aromatic rings. The van der Waals surface area contributed by atoms with E-state index in [1.807, 2.05) is 20.8 Å². The van der Waals surface area contributed by atoms with E-state index >= 15 is 0 Å². The smallest absolute Gasteiger partial charge is 0.320 e. The third-order valence-electron chi connectivity index (χ3n) is 2.24. The molecule has 94 valence electrons. The van der Waals surface area contributed by atoms with Crippen molar-refractivity contribution in [2.45, 2.75) is 46.1 Å². The van der Waals surface area contributed by atoms with Gasteiger partial charge in [0.05, 0.1) is 5.71 Å². The molecule has 0 aromatic heterocycles. The minimum Gasteiger partial charge on any atom is -0.480 e. The van der Waals surface area contributed by atoms with Crippen LogP contribution in [0.25, 0.3) is 0 Å². The van der Waals surface area contributed by atoms with Crippen LogP contribution in [0.1, 0.15) is 40.0 Å². The Balaban J connectivity index is 4.15. The van der Waals surface area contributed by atoms with Crippen molar-refractivity contribution < 1.29 is 15.1 Å². The van der Waals surface area contributed by atoms with E-state index in [-0.39, 0.29) is 0 Å². The Bertz CT molecular complexity index is 239. The molecule has 0 amide bonds. The van der Waals surface area contributed by atoms with Crippen molar-refractivity contribution >= 4 is 11.7 Å². The first-order chi connectivity index (χ1) is 7.51. The number of hydrogen-bond donors (Lipinski definition) is 3. The second-order valence-corrected chi connectivity index (χ2v) is 4.32. The van der Waals surface area contributed by atoms with Gasteiger partial charge in [0.25, 0.3) is 0 Å². The van der Waals surface area contributed by atoms with E-state index in [1.54, 1.807) is 0 Å². The minimum absolute atomic E-state index is 0.314. The Kier molecular flexibility index (Phi) is 7.54. The van der Waals surface area contributed by atoms with Gasteiger partial charge in [0.1, 0.15) is 6.04 Å². The normalized spacial score (nSPS) is 14.1. The lowest BCUT2D eigenvalue weighted by Gasteiger charge is -2.16. The molecule has 5 heteroatoms. The summed E-state index contributed by atoms with van der Waals surface area (Å²) in [4.78, 5) is 10.9. The third-order valence-corrected chi connectivity index (χ3v) is 2.24. The molecule has 1 unspecified atom stereocenters. The molecule has 0 heterocycles. The molecule has 3 N–H and O–H groups in total. The Morgan fingerprint density at radius 2 is 2.06 bits per heavy atom. The maximum absolute atomic E-state index is 10.9. The Morgan fingerprint density at radius 3 is 2.44 bits per heavy atom. The van der Waals surface area contributed by atoms with Crippen molar-refractivity contribution in [3.05, 3.63) is 0 Å². The zero-order valence-electron chi connectivity index (χ0n) is 10.2. The summed E-state index contributed by atoms with van der Waals surface area (Å²) < 4.78 is 0. The second-order valence-electron chi connectivity index (χ2n) is 4.32. The molecule has 0 bridgehead atoms. The van der Waals surface area contributed by atoms with Gasteiger partial charge >= 0.3 is 5.97 Å². The van der Waals surface area contributed by atoms with Crippen molar-refractivity contribution in [3.63, 3.8) is 0 Å². The van der Waals surface area contributed by atoms with Crippen LogP contribution in [0.4, 0.5) is 0 Å². The van der Waals surface area contributed by atoms with Crippen molar-refractivity contribution in [2.24, 2.45) is 11.1 Å². The Labute approximate surface area is 96.5 Å². The van der Waals surface area contributed by atoms with Crippen molar-refractivity contribution in [3.8, 4) is 0 Å². The van der Waals surface area contributed by atoms with Gasteiger partial charge in [-0.25, -0.2) is 0 Å². The first kappa shape index (κ1) is 14.9.